The molecule has 0 unspecified atom stereocenters. The van der Waals surface area contributed by atoms with Gasteiger partial charge in [-0.2, -0.15) is 50.6 Å². The van der Waals surface area contributed by atoms with Crippen LogP contribution < -0.4 is 0 Å². The Hall–Kier alpha value is -3.67. The molecule has 0 saturated heterocycles. The van der Waals surface area contributed by atoms with E-state index in [-0.39, 0.29) is 21.4 Å². The molecule has 1 saturated carbocycles. The van der Waals surface area contributed by atoms with Gasteiger partial charge in [0, 0.05) is 36.1 Å². The van der Waals surface area contributed by atoms with Crippen LogP contribution in [-0.2, 0) is 19.1 Å². The number of aryl methyl sites for hydroxylation is 1. The van der Waals surface area contributed by atoms with Gasteiger partial charge >= 0.3 is 18.3 Å². The summed E-state index contributed by atoms with van der Waals surface area (Å²) in [6.45, 7) is 0. The number of carbonyl (C=O) groups is 1. The number of hydrogen-bond donors (Lipinski definition) is 0. The fraction of sp³-hybridized carbons (Fsp3) is 0.333. The Labute approximate surface area is 207 Å². The third kappa shape index (κ3) is 4.39. The molecule has 0 atom stereocenters. The minimum absolute atomic E-state index is 0.0328. The molecule has 37 heavy (non-hydrogen) atoms. The van der Waals surface area contributed by atoms with Crippen molar-refractivity contribution in [2.45, 2.75) is 36.7 Å². The Morgan fingerprint density at radius 1 is 1.14 bits per heavy atom. The molecule has 16 heteroatoms. The highest BCUT2D eigenvalue weighted by molar-refractivity contribution is 6.25. The van der Waals surface area contributed by atoms with E-state index in [0.717, 1.165) is 23.9 Å². The lowest BCUT2D eigenvalue weighted by Gasteiger charge is -2.19. The zero-order chi connectivity index (χ0) is 27.6. The van der Waals surface area contributed by atoms with Gasteiger partial charge in [-0.15, -0.1) is 0 Å². The number of rotatable bonds is 5. The number of carbonyl (C=O) groups excluding carboxylic acids is 1. The van der Waals surface area contributed by atoms with Crippen LogP contribution in [0.1, 0.15) is 34.5 Å². The number of hydrogen-bond acceptors (Lipinski definition) is 4. The second kappa shape index (κ2) is 8.44. The van der Waals surface area contributed by atoms with Crippen molar-refractivity contribution in [2.24, 2.45) is 7.05 Å². The molecule has 1 aromatic carbocycles. The molecule has 0 aliphatic heterocycles. The number of amides is 1. The molecule has 1 fully saturated rings. The van der Waals surface area contributed by atoms with Gasteiger partial charge in [0.15, 0.2) is 11.5 Å². The summed E-state index contributed by atoms with van der Waals surface area (Å²) in [7, 11) is 0.763. The minimum Gasteiger partial charge on any atom is -0.268 e. The van der Waals surface area contributed by atoms with Gasteiger partial charge in [-0.3, -0.25) is 4.79 Å². The predicted octanol–water partition coefficient (Wildman–Crippen LogP) is 5.60. The molecule has 1 amide bonds. The van der Waals surface area contributed by atoms with E-state index in [1.54, 1.807) is 0 Å². The van der Waals surface area contributed by atoms with Crippen molar-refractivity contribution >= 4 is 17.7 Å². The van der Waals surface area contributed by atoms with Gasteiger partial charge in [0.2, 0.25) is 0 Å². The fourth-order valence-electron chi connectivity index (χ4n) is 3.59. The fourth-order valence-corrected chi connectivity index (χ4v) is 3.90. The van der Waals surface area contributed by atoms with Gasteiger partial charge in [-0.05, 0) is 30.5 Å². The first-order valence-electron chi connectivity index (χ1n) is 10.2. The average molecular weight is 553 g/mol. The lowest BCUT2D eigenvalue weighted by molar-refractivity contribution is -0.292. The molecule has 2 aromatic heterocycles. The molecule has 4 rings (SSSR count). The van der Waals surface area contributed by atoms with Gasteiger partial charge in [0.25, 0.3) is 5.91 Å². The Kier molecular flexibility index (Phi) is 6.02. The summed E-state index contributed by atoms with van der Waals surface area (Å²) in [6.07, 6.45) is -9.24. The van der Waals surface area contributed by atoms with Gasteiger partial charge < -0.3 is 0 Å². The quantitative estimate of drug-likeness (QED) is 0.305. The Balaban J connectivity index is 1.76. The van der Waals surface area contributed by atoms with E-state index in [4.69, 9.17) is 11.8 Å². The zero-order valence-electron chi connectivity index (χ0n) is 18.4. The molecule has 2 heterocycles. The second-order valence-electron chi connectivity index (χ2n) is 8.22. The van der Waals surface area contributed by atoms with Crippen LogP contribution >= 0.6 is 11.8 Å². The Bertz CT molecular complexity index is 1410. The van der Waals surface area contributed by atoms with Crippen molar-refractivity contribution in [2.75, 3.05) is 0 Å². The van der Waals surface area contributed by atoms with E-state index in [1.807, 2.05) is 6.07 Å². The van der Waals surface area contributed by atoms with E-state index >= 15 is 0 Å². The highest BCUT2D eigenvalue weighted by Gasteiger charge is 2.64. The van der Waals surface area contributed by atoms with E-state index in [2.05, 4.69) is 10.2 Å². The van der Waals surface area contributed by atoms with Gasteiger partial charge in [-0.1, -0.05) is 12.1 Å². The van der Waals surface area contributed by atoms with Crippen molar-refractivity contribution in [3.63, 3.8) is 0 Å². The standard InChI is InChI=1S/C21H13ClF8N6O/c1-34-16(14(20(25,26)27)15(33-34)19(23,24)21(28,29)30)35-9-13(8-32-35)11-3-2-4-12(7-11)17(37)36(22)18(10-31)5-6-18/h2-4,7-9H,5-6H2,1H3. The third-order valence-corrected chi connectivity index (χ3v) is 6.16. The summed E-state index contributed by atoms with van der Waals surface area (Å²) in [5.74, 6) is -7.78. The molecule has 0 bridgehead atoms. The summed E-state index contributed by atoms with van der Waals surface area (Å²) in [4.78, 5) is 12.7. The maximum absolute atomic E-state index is 13.9. The number of halogens is 9. The molecule has 1 aliphatic rings. The monoisotopic (exact) mass is 552 g/mol. The van der Waals surface area contributed by atoms with Crippen molar-refractivity contribution in [3.05, 3.63) is 53.5 Å². The summed E-state index contributed by atoms with van der Waals surface area (Å²) in [5, 5.41) is 15.8. The topological polar surface area (TPSA) is 79.7 Å². The van der Waals surface area contributed by atoms with Crippen molar-refractivity contribution in [1.82, 2.24) is 24.0 Å². The summed E-state index contributed by atoms with van der Waals surface area (Å²) >= 11 is 6.04. The van der Waals surface area contributed by atoms with Crippen LogP contribution in [0.4, 0.5) is 35.1 Å². The number of nitrogens with zero attached hydrogens (tertiary/aromatic N) is 6. The first-order valence-corrected chi connectivity index (χ1v) is 10.5. The first kappa shape index (κ1) is 26.4. The third-order valence-electron chi connectivity index (χ3n) is 5.68. The van der Waals surface area contributed by atoms with Crippen LogP contribution in [0.2, 0.25) is 0 Å². The number of alkyl halides is 8. The summed E-state index contributed by atoms with van der Waals surface area (Å²) in [5.41, 5.74) is -5.59. The van der Waals surface area contributed by atoms with E-state index in [1.165, 1.54) is 24.3 Å². The smallest absolute Gasteiger partial charge is 0.268 e. The zero-order valence-corrected chi connectivity index (χ0v) is 19.1. The van der Waals surface area contributed by atoms with Gasteiger partial charge in [0.05, 0.1) is 12.3 Å². The van der Waals surface area contributed by atoms with Crippen LogP contribution in [0.15, 0.2) is 36.7 Å². The van der Waals surface area contributed by atoms with Crippen LogP contribution in [0.5, 0.6) is 0 Å². The summed E-state index contributed by atoms with van der Waals surface area (Å²) in [6, 6.07) is 7.51. The minimum atomic E-state index is -6.33. The van der Waals surface area contributed by atoms with Crippen LogP contribution in [0.25, 0.3) is 16.9 Å². The van der Waals surface area contributed by atoms with Gasteiger partial charge in [-0.25, -0.2) is 13.8 Å². The lowest BCUT2D eigenvalue weighted by atomic mass is 10.1. The Morgan fingerprint density at radius 2 is 1.78 bits per heavy atom. The second-order valence-corrected chi connectivity index (χ2v) is 8.56. The van der Waals surface area contributed by atoms with E-state index in [9.17, 15) is 45.2 Å². The largest absolute Gasteiger partial charge is 0.459 e. The summed E-state index contributed by atoms with van der Waals surface area (Å²) < 4.78 is 109. The molecule has 0 radical (unpaired) electrons. The predicted molar refractivity (Wildman–Crippen MR) is 110 cm³/mol. The molecule has 0 N–H and O–H groups in total. The average Bonchev–Trinajstić information content (AvgIpc) is 3.30. The highest BCUT2D eigenvalue weighted by atomic mass is 35.5. The number of aromatic nitrogens is 4. The van der Waals surface area contributed by atoms with Crippen LogP contribution in [-0.4, -0.2) is 41.6 Å². The van der Waals surface area contributed by atoms with Gasteiger partial charge in [0.1, 0.15) is 11.1 Å². The highest BCUT2D eigenvalue weighted by Crippen LogP contribution is 2.49. The lowest BCUT2D eigenvalue weighted by Crippen LogP contribution is -2.36. The Morgan fingerprint density at radius 3 is 2.32 bits per heavy atom. The van der Waals surface area contributed by atoms with Crippen molar-refractivity contribution in [1.29, 1.82) is 5.26 Å². The number of nitriles is 1. The SMILES string of the molecule is Cn1nc(C(F)(F)C(F)(F)F)c(C(F)(F)F)c1-n1cc(-c2cccc(C(=O)N(Cl)C3(C#N)CC3)c2)cn1. The molecule has 1 aliphatic carbocycles. The van der Waals surface area contributed by atoms with Crippen LogP contribution in [0, 0.1) is 11.3 Å². The molecular weight excluding hydrogens is 540 g/mol. The van der Waals surface area contributed by atoms with Crippen molar-refractivity contribution in [3.8, 4) is 23.0 Å². The van der Waals surface area contributed by atoms with E-state index < -0.39 is 46.8 Å². The first-order chi connectivity index (χ1) is 17.0. The molecule has 3 aromatic rings. The normalized spacial score (nSPS) is 15.4. The maximum atomic E-state index is 13.9. The van der Waals surface area contributed by atoms with Crippen molar-refractivity contribution < 1.29 is 39.9 Å². The number of benzene rings is 1. The van der Waals surface area contributed by atoms with Crippen LogP contribution in [0.3, 0.4) is 0 Å². The van der Waals surface area contributed by atoms with E-state index in [0.29, 0.717) is 17.5 Å². The molecule has 7 nitrogen and oxygen atoms in total. The maximum Gasteiger partial charge on any atom is 0.459 e. The molecule has 0 spiro atoms. The molecular formula is C21H13ClF8N6O. The molecule has 196 valence electrons.